The molecule has 98 valence electrons. The van der Waals surface area contributed by atoms with E-state index in [4.69, 9.17) is 15.6 Å². The molecule has 1 unspecified atom stereocenters. The fraction of sp³-hybridized carbons (Fsp3) is 0.800. The van der Waals surface area contributed by atoms with Crippen LogP contribution in [0.15, 0.2) is 0 Å². The highest BCUT2D eigenvalue weighted by Gasteiger charge is 2.28. The number of methoxy groups -OCH3 is 1. The third kappa shape index (κ3) is 3.86. The van der Waals surface area contributed by atoms with Crippen molar-refractivity contribution in [3.63, 3.8) is 0 Å². The van der Waals surface area contributed by atoms with Gasteiger partial charge in [-0.2, -0.15) is 0 Å². The van der Waals surface area contributed by atoms with Gasteiger partial charge in [-0.05, 0) is 12.8 Å². The Hall–Kier alpha value is -1.34. The summed E-state index contributed by atoms with van der Waals surface area (Å²) in [6.45, 7) is 0.833. The van der Waals surface area contributed by atoms with Gasteiger partial charge in [0.25, 0.3) is 0 Å². The first-order valence-electron chi connectivity index (χ1n) is 5.47. The highest BCUT2D eigenvalue weighted by molar-refractivity contribution is 5.75. The van der Waals surface area contributed by atoms with Gasteiger partial charge >= 0.3 is 12.1 Å². The number of rotatable bonds is 5. The molecule has 0 aliphatic carbocycles. The second-order valence-electron chi connectivity index (χ2n) is 3.94. The minimum atomic E-state index is -0.937. The molecule has 17 heavy (non-hydrogen) atoms. The number of nitrogens with two attached hydrogens (primary N) is 1. The Bertz CT molecular complexity index is 284. The fourth-order valence-electron chi connectivity index (χ4n) is 1.81. The summed E-state index contributed by atoms with van der Waals surface area (Å²) in [4.78, 5) is 23.2. The van der Waals surface area contributed by atoms with Crippen LogP contribution in [0.4, 0.5) is 4.79 Å². The summed E-state index contributed by atoms with van der Waals surface area (Å²) >= 11 is 0. The van der Waals surface area contributed by atoms with Crippen molar-refractivity contribution >= 4 is 12.1 Å². The Kier molecular flexibility index (Phi) is 5.17. The first-order chi connectivity index (χ1) is 8.06. The highest BCUT2D eigenvalue weighted by atomic mass is 16.5. The van der Waals surface area contributed by atoms with E-state index in [-0.39, 0.29) is 19.3 Å². The van der Waals surface area contributed by atoms with Crippen molar-refractivity contribution in [1.82, 2.24) is 4.90 Å². The summed E-state index contributed by atoms with van der Waals surface area (Å²) in [5.74, 6) is -0.536. The third-order valence-electron chi connectivity index (χ3n) is 2.73. The van der Waals surface area contributed by atoms with E-state index in [0.717, 1.165) is 12.8 Å². The normalized spacial score (nSPS) is 21.3. The Balaban J connectivity index is 2.26. The van der Waals surface area contributed by atoms with Crippen LogP contribution in [0, 0.1) is 0 Å². The predicted octanol–water partition coefficient (Wildman–Crippen LogP) is -0.354. The minimum absolute atomic E-state index is 0.0383. The van der Waals surface area contributed by atoms with Gasteiger partial charge in [0.2, 0.25) is 0 Å². The SMILES string of the molecule is COC(=O)C(N)COC[C@H]1CCCN1C(=O)O. The van der Waals surface area contributed by atoms with Crippen LogP contribution in [-0.2, 0) is 14.3 Å². The molecule has 0 aromatic rings. The van der Waals surface area contributed by atoms with Crippen LogP contribution in [0.1, 0.15) is 12.8 Å². The van der Waals surface area contributed by atoms with E-state index in [1.165, 1.54) is 12.0 Å². The van der Waals surface area contributed by atoms with E-state index >= 15 is 0 Å². The maximum Gasteiger partial charge on any atom is 0.407 e. The van der Waals surface area contributed by atoms with Gasteiger partial charge in [-0.15, -0.1) is 0 Å². The molecule has 2 atom stereocenters. The van der Waals surface area contributed by atoms with Crippen LogP contribution in [0.25, 0.3) is 0 Å². The maximum absolute atomic E-state index is 11.0. The standard InChI is InChI=1S/C10H18N2O5/c1-16-9(13)8(11)6-17-5-7-3-2-4-12(7)10(14)15/h7-8H,2-6,11H2,1H3,(H,14,15)/t7-,8?/m1/s1. The lowest BCUT2D eigenvalue weighted by molar-refractivity contribution is -0.143. The number of likely N-dealkylation sites (tertiary alicyclic amines) is 1. The molecule has 0 aromatic carbocycles. The number of carbonyl (C=O) groups is 2. The zero-order valence-corrected chi connectivity index (χ0v) is 9.80. The van der Waals surface area contributed by atoms with E-state index in [2.05, 4.69) is 4.74 Å². The van der Waals surface area contributed by atoms with Crippen molar-refractivity contribution < 1.29 is 24.2 Å². The summed E-state index contributed by atoms with van der Waals surface area (Å²) < 4.78 is 9.70. The van der Waals surface area contributed by atoms with Crippen LogP contribution in [0.5, 0.6) is 0 Å². The molecule has 1 amide bonds. The number of hydrogen-bond acceptors (Lipinski definition) is 5. The number of hydrogen-bond donors (Lipinski definition) is 2. The molecule has 1 aliphatic heterocycles. The van der Waals surface area contributed by atoms with Crippen molar-refractivity contribution in [3.8, 4) is 0 Å². The molecule has 0 spiro atoms. The van der Waals surface area contributed by atoms with Gasteiger partial charge in [0, 0.05) is 6.54 Å². The van der Waals surface area contributed by atoms with Crippen molar-refractivity contribution in [3.05, 3.63) is 0 Å². The number of carbonyl (C=O) groups excluding carboxylic acids is 1. The van der Waals surface area contributed by atoms with E-state index in [0.29, 0.717) is 6.54 Å². The molecule has 7 nitrogen and oxygen atoms in total. The summed E-state index contributed by atoms with van der Waals surface area (Å²) in [5.41, 5.74) is 5.48. The van der Waals surface area contributed by atoms with Gasteiger partial charge in [-0.25, -0.2) is 4.79 Å². The molecule has 0 aromatic heterocycles. The number of esters is 1. The van der Waals surface area contributed by atoms with E-state index < -0.39 is 18.1 Å². The van der Waals surface area contributed by atoms with Gasteiger partial charge in [0.1, 0.15) is 6.04 Å². The van der Waals surface area contributed by atoms with Gasteiger partial charge in [0.05, 0.1) is 26.4 Å². The van der Waals surface area contributed by atoms with E-state index in [9.17, 15) is 9.59 Å². The van der Waals surface area contributed by atoms with E-state index in [1.807, 2.05) is 0 Å². The van der Waals surface area contributed by atoms with Crippen LogP contribution in [0.3, 0.4) is 0 Å². The summed E-state index contributed by atoms with van der Waals surface area (Å²) in [6, 6.07) is -0.961. The average molecular weight is 246 g/mol. The zero-order chi connectivity index (χ0) is 12.8. The van der Waals surface area contributed by atoms with Gasteiger partial charge in [-0.1, -0.05) is 0 Å². The number of carboxylic acid groups (broad SMARTS) is 1. The minimum Gasteiger partial charge on any atom is -0.468 e. The van der Waals surface area contributed by atoms with Crippen molar-refractivity contribution in [2.45, 2.75) is 24.9 Å². The fourth-order valence-corrected chi connectivity index (χ4v) is 1.81. The van der Waals surface area contributed by atoms with Crippen LogP contribution in [-0.4, -0.2) is 61.0 Å². The quantitative estimate of drug-likeness (QED) is 0.642. The molecule has 0 bridgehead atoms. The molecule has 1 fully saturated rings. The molecular weight excluding hydrogens is 228 g/mol. The second-order valence-corrected chi connectivity index (χ2v) is 3.94. The lowest BCUT2D eigenvalue weighted by Crippen LogP contribution is -2.40. The van der Waals surface area contributed by atoms with Gasteiger partial charge < -0.3 is 25.2 Å². The second kappa shape index (κ2) is 6.41. The van der Waals surface area contributed by atoms with Gasteiger partial charge in [-0.3, -0.25) is 4.79 Å². The molecular formula is C10H18N2O5. The topological polar surface area (TPSA) is 102 Å². The van der Waals surface area contributed by atoms with Gasteiger partial charge in [0.15, 0.2) is 0 Å². The Labute approximate surface area is 99.5 Å². The molecule has 1 heterocycles. The van der Waals surface area contributed by atoms with Crippen LogP contribution >= 0.6 is 0 Å². The Morgan fingerprint density at radius 1 is 1.59 bits per heavy atom. The summed E-state index contributed by atoms with van der Waals surface area (Å²) in [7, 11) is 1.26. The lowest BCUT2D eigenvalue weighted by atomic mass is 10.2. The van der Waals surface area contributed by atoms with Crippen LogP contribution < -0.4 is 5.73 Å². The van der Waals surface area contributed by atoms with Crippen LogP contribution in [0.2, 0.25) is 0 Å². The number of nitrogens with zero attached hydrogens (tertiary/aromatic N) is 1. The first kappa shape index (κ1) is 13.7. The van der Waals surface area contributed by atoms with Crippen molar-refractivity contribution in [2.75, 3.05) is 26.9 Å². The highest BCUT2D eigenvalue weighted by Crippen LogP contribution is 2.17. The summed E-state index contributed by atoms with van der Waals surface area (Å²) in [5, 5.41) is 8.89. The van der Waals surface area contributed by atoms with Crippen molar-refractivity contribution in [1.29, 1.82) is 0 Å². The molecule has 1 aliphatic rings. The van der Waals surface area contributed by atoms with Crippen molar-refractivity contribution in [2.24, 2.45) is 5.73 Å². The molecule has 0 radical (unpaired) electrons. The predicted molar refractivity (Wildman–Crippen MR) is 58.6 cm³/mol. The molecule has 7 heteroatoms. The molecule has 1 rings (SSSR count). The molecule has 0 saturated carbocycles. The maximum atomic E-state index is 11.0. The Morgan fingerprint density at radius 3 is 2.88 bits per heavy atom. The smallest absolute Gasteiger partial charge is 0.407 e. The summed E-state index contributed by atoms with van der Waals surface area (Å²) in [6.07, 6.45) is 0.678. The molecule has 1 saturated heterocycles. The monoisotopic (exact) mass is 246 g/mol. The largest absolute Gasteiger partial charge is 0.468 e. The first-order valence-corrected chi connectivity index (χ1v) is 5.47. The third-order valence-corrected chi connectivity index (χ3v) is 2.73. The number of amides is 1. The van der Waals surface area contributed by atoms with E-state index in [1.54, 1.807) is 0 Å². The zero-order valence-electron chi connectivity index (χ0n) is 9.80. The Morgan fingerprint density at radius 2 is 2.29 bits per heavy atom. The number of ether oxygens (including phenoxy) is 2. The average Bonchev–Trinajstić information content (AvgIpc) is 2.76. The lowest BCUT2D eigenvalue weighted by Gasteiger charge is -2.21. The molecule has 3 N–H and O–H groups in total.